The smallest absolute Gasteiger partial charge is 0.224 e. The Morgan fingerprint density at radius 1 is 1.28 bits per heavy atom. The highest BCUT2D eigenvalue weighted by Crippen LogP contribution is 2.31. The molecule has 9 nitrogen and oxygen atoms in total. The van der Waals surface area contributed by atoms with Crippen molar-refractivity contribution >= 4 is 17.2 Å². The molecule has 2 atom stereocenters. The number of fused-ring (bicyclic) bond motifs is 1. The van der Waals surface area contributed by atoms with Crippen LogP contribution in [-0.4, -0.2) is 89.3 Å². The molecular formula is C23H28N6O3. The first-order valence-electron chi connectivity index (χ1n) is 11.1. The average Bonchev–Trinajstić information content (AvgIpc) is 3.52. The quantitative estimate of drug-likeness (QED) is 0.561. The minimum Gasteiger partial charge on any atom is -0.480 e. The molecule has 0 amide bonds. The van der Waals surface area contributed by atoms with E-state index in [4.69, 9.17) is 9.47 Å². The molecule has 2 aliphatic heterocycles. The standard InChI is InChI=1S/C23H28N6O3/c1-31-23-18(12-17-4-2-3-5-19(17)24-23)21-25-22(27-26-21)20-14-28(7-8-29(20)9-10-30)13-16-6-11-32-15-16/h2-5,10,12,16,20H,6-9,11,13-15H2,1H3,(H,25,26,27)/t16?,20-/m0/s1. The lowest BCUT2D eigenvalue weighted by molar-refractivity contribution is -0.110. The number of nitrogens with one attached hydrogen (secondary N) is 1. The maximum absolute atomic E-state index is 11.3. The minimum absolute atomic E-state index is 0.0306. The fraction of sp³-hybridized carbons (Fsp3) is 0.478. The molecule has 2 aliphatic rings. The Kier molecular flexibility index (Phi) is 6.11. The van der Waals surface area contributed by atoms with Gasteiger partial charge < -0.3 is 19.3 Å². The van der Waals surface area contributed by atoms with Crippen molar-refractivity contribution in [3.05, 3.63) is 36.2 Å². The van der Waals surface area contributed by atoms with Crippen molar-refractivity contribution in [3.8, 4) is 17.3 Å². The number of H-pyrrole nitrogens is 1. The Balaban J connectivity index is 1.42. The fourth-order valence-corrected chi connectivity index (χ4v) is 4.68. The van der Waals surface area contributed by atoms with Gasteiger partial charge in [-0.25, -0.2) is 4.98 Å². The number of aldehydes is 1. The third kappa shape index (κ3) is 4.23. The Morgan fingerprint density at radius 2 is 2.19 bits per heavy atom. The molecule has 5 rings (SSSR count). The summed E-state index contributed by atoms with van der Waals surface area (Å²) in [6.07, 6.45) is 2.07. The fourth-order valence-electron chi connectivity index (χ4n) is 4.68. The number of ether oxygens (including phenoxy) is 2. The van der Waals surface area contributed by atoms with E-state index in [9.17, 15) is 4.79 Å². The van der Waals surface area contributed by atoms with Crippen LogP contribution in [0.4, 0.5) is 0 Å². The molecule has 2 fully saturated rings. The second kappa shape index (κ2) is 9.32. The van der Waals surface area contributed by atoms with Crippen LogP contribution in [0.2, 0.25) is 0 Å². The molecule has 32 heavy (non-hydrogen) atoms. The first kappa shape index (κ1) is 21.0. The maximum atomic E-state index is 11.3. The van der Waals surface area contributed by atoms with Gasteiger partial charge in [0, 0.05) is 38.2 Å². The van der Waals surface area contributed by atoms with Crippen molar-refractivity contribution in [2.75, 3.05) is 53.0 Å². The number of piperazine rings is 1. The molecule has 0 bridgehead atoms. The summed E-state index contributed by atoms with van der Waals surface area (Å²) in [5.41, 5.74) is 1.63. The van der Waals surface area contributed by atoms with Crippen molar-refractivity contribution in [1.29, 1.82) is 0 Å². The lowest BCUT2D eigenvalue weighted by atomic mass is 10.1. The van der Waals surface area contributed by atoms with Crippen molar-refractivity contribution in [2.45, 2.75) is 12.5 Å². The van der Waals surface area contributed by atoms with Crippen molar-refractivity contribution in [2.24, 2.45) is 5.92 Å². The van der Waals surface area contributed by atoms with E-state index < -0.39 is 0 Å². The lowest BCUT2D eigenvalue weighted by Crippen LogP contribution is -2.50. The second-order valence-electron chi connectivity index (χ2n) is 8.46. The molecule has 0 radical (unpaired) electrons. The number of rotatable bonds is 7. The SMILES string of the molecule is COc1nc2ccccc2cc1-c1nnc([C@@H]2CN(CC3CCOC3)CCN2CC=O)[nH]1. The Morgan fingerprint density at radius 3 is 3.00 bits per heavy atom. The number of aromatic amines is 1. The molecule has 4 heterocycles. The van der Waals surface area contributed by atoms with Crippen LogP contribution < -0.4 is 4.74 Å². The first-order chi connectivity index (χ1) is 15.7. The molecule has 1 unspecified atom stereocenters. The highest BCUT2D eigenvalue weighted by atomic mass is 16.5. The number of carbonyl (C=O) groups excluding carboxylic acids is 1. The van der Waals surface area contributed by atoms with E-state index in [1.54, 1.807) is 7.11 Å². The molecule has 2 saturated heterocycles. The van der Waals surface area contributed by atoms with Gasteiger partial charge >= 0.3 is 0 Å². The van der Waals surface area contributed by atoms with Gasteiger partial charge in [-0.3, -0.25) is 9.80 Å². The Bertz CT molecular complexity index is 1080. The second-order valence-corrected chi connectivity index (χ2v) is 8.46. The molecule has 2 aromatic heterocycles. The third-order valence-electron chi connectivity index (χ3n) is 6.38. The summed E-state index contributed by atoms with van der Waals surface area (Å²) in [6.45, 7) is 5.62. The van der Waals surface area contributed by atoms with Gasteiger partial charge in [-0.1, -0.05) is 18.2 Å². The summed E-state index contributed by atoms with van der Waals surface area (Å²) < 4.78 is 11.1. The number of para-hydroxylation sites is 1. The number of hydrogen-bond donors (Lipinski definition) is 1. The monoisotopic (exact) mass is 436 g/mol. The number of methoxy groups -OCH3 is 1. The number of benzene rings is 1. The topological polar surface area (TPSA) is 96.5 Å². The molecule has 9 heteroatoms. The molecule has 168 valence electrons. The van der Waals surface area contributed by atoms with Gasteiger partial charge in [0.15, 0.2) is 5.82 Å². The van der Waals surface area contributed by atoms with E-state index >= 15 is 0 Å². The molecule has 0 spiro atoms. The van der Waals surface area contributed by atoms with Gasteiger partial charge in [0.2, 0.25) is 5.88 Å². The van der Waals surface area contributed by atoms with E-state index in [2.05, 4.69) is 30.0 Å². The predicted molar refractivity (Wildman–Crippen MR) is 119 cm³/mol. The zero-order chi connectivity index (χ0) is 21.9. The third-order valence-corrected chi connectivity index (χ3v) is 6.38. The van der Waals surface area contributed by atoms with Crippen LogP contribution in [0, 0.1) is 5.92 Å². The number of pyridine rings is 1. The van der Waals surface area contributed by atoms with E-state index in [0.717, 1.165) is 74.4 Å². The normalized spacial score (nSPS) is 22.4. The summed E-state index contributed by atoms with van der Waals surface area (Å²) in [5, 5.41) is 9.90. The summed E-state index contributed by atoms with van der Waals surface area (Å²) in [5.74, 6) is 2.45. The highest BCUT2D eigenvalue weighted by molar-refractivity contribution is 5.84. The van der Waals surface area contributed by atoms with Crippen LogP contribution in [0.1, 0.15) is 18.3 Å². The summed E-state index contributed by atoms with van der Waals surface area (Å²) in [4.78, 5) is 23.9. The van der Waals surface area contributed by atoms with Gasteiger partial charge in [0.05, 0.1) is 37.4 Å². The van der Waals surface area contributed by atoms with Crippen LogP contribution in [-0.2, 0) is 9.53 Å². The van der Waals surface area contributed by atoms with Gasteiger partial charge in [0.1, 0.15) is 12.1 Å². The van der Waals surface area contributed by atoms with Crippen molar-refractivity contribution < 1.29 is 14.3 Å². The Labute approximate surface area is 186 Å². The first-order valence-corrected chi connectivity index (χ1v) is 11.1. The number of nitrogens with zero attached hydrogens (tertiary/aromatic N) is 5. The van der Waals surface area contributed by atoms with Crippen LogP contribution in [0.25, 0.3) is 22.3 Å². The van der Waals surface area contributed by atoms with Gasteiger partial charge in [-0.05, 0) is 24.5 Å². The van der Waals surface area contributed by atoms with Crippen molar-refractivity contribution in [1.82, 2.24) is 30.0 Å². The van der Waals surface area contributed by atoms with Gasteiger partial charge in [-0.2, -0.15) is 0 Å². The predicted octanol–water partition coefficient (Wildman–Crippen LogP) is 1.92. The van der Waals surface area contributed by atoms with E-state index in [0.29, 0.717) is 24.2 Å². The molecule has 1 aromatic carbocycles. The maximum Gasteiger partial charge on any atom is 0.224 e. The number of hydrogen-bond acceptors (Lipinski definition) is 8. The molecular weight excluding hydrogens is 408 g/mol. The van der Waals surface area contributed by atoms with Crippen molar-refractivity contribution in [3.63, 3.8) is 0 Å². The van der Waals surface area contributed by atoms with Gasteiger partial charge in [0.25, 0.3) is 0 Å². The minimum atomic E-state index is -0.0306. The van der Waals surface area contributed by atoms with E-state index in [1.807, 2.05) is 30.3 Å². The molecule has 3 aromatic rings. The number of carbonyl (C=O) groups is 1. The highest BCUT2D eigenvalue weighted by Gasteiger charge is 2.32. The average molecular weight is 437 g/mol. The number of aromatic nitrogens is 4. The largest absolute Gasteiger partial charge is 0.480 e. The van der Waals surface area contributed by atoms with Gasteiger partial charge in [-0.15, -0.1) is 10.2 Å². The van der Waals surface area contributed by atoms with Crippen LogP contribution in [0.3, 0.4) is 0 Å². The van der Waals surface area contributed by atoms with Crippen LogP contribution in [0.15, 0.2) is 30.3 Å². The van der Waals surface area contributed by atoms with E-state index in [-0.39, 0.29) is 6.04 Å². The summed E-state index contributed by atoms with van der Waals surface area (Å²) in [6, 6.07) is 9.89. The molecule has 1 N–H and O–H groups in total. The molecule has 0 saturated carbocycles. The van der Waals surface area contributed by atoms with E-state index in [1.165, 1.54) is 0 Å². The zero-order valence-corrected chi connectivity index (χ0v) is 18.2. The summed E-state index contributed by atoms with van der Waals surface area (Å²) in [7, 11) is 1.61. The van der Waals surface area contributed by atoms with Crippen LogP contribution >= 0.6 is 0 Å². The lowest BCUT2D eigenvalue weighted by Gasteiger charge is -2.40. The van der Waals surface area contributed by atoms with Crippen LogP contribution in [0.5, 0.6) is 5.88 Å². The Hall–Kier alpha value is -2.88. The molecule has 0 aliphatic carbocycles. The zero-order valence-electron chi connectivity index (χ0n) is 18.2. The summed E-state index contributed by atoms with van der Waals surface area (Å²) >= 11 is 0.